The second-order valence-electron chi connectivity index (χ2n) is 5.86. The molecule has 1 unspecified atom stereocenters. The van der Waals surface area contributed by atoms with Gasteiger partial charge in [0.2, 0.25) is 5.88 Å². The lowest BCUT2D eigenvalue weighted by Crippen LogP contribution is -2.34. The molecular weight excluding hydrogens is 406 g/mol. The molecule has 1 aromatic carbocycles. The number of carbonyl (C=O) groups is 2. The molecule has 0 bridgehead atoms. The molecule has 1 aliphatic heterocycles. The van der Waals surface area contributed by atoms with Gasteiger partial charge in [-0.15, -0.1) is 0 Å². The minimum Gasteiger partial charge on any atom is -0.437 e. The fourth-order valence-electron chi connectivity index (χ4n) is 2.70. The SMILES string of the molecule is CC(c1cc(Oc2ncccc2C(F)(F)F)c(Cl)cc1F)N1C(=O)CNC1=O. The Balaban J connectivity index is 2.00. The van der Waals surface area contributed by atoms with Gasteiger partial charge in [0.25, 0.3) is 5.91 Å². The molecule has 2 aromatic rings. The maximum atomic E-state index is 14.4. The summed E-state index contributed by atoms with van der Waals surface area (Å²) in [5, 5.41) is 2.00. The third kappa shape index (κ3) is 3.72. The van der Waals surface area contributed by atoms with E-state index in [-0.39, 0.29) is 22.9 Å². The number of hydrogen-bond acceptors (Lipinski definition) is 4. The summed E-state index contributed by atoms with van der Waals surface area (Å²) in [6.45, 7) is 1.16. The number of pyridine rings is 1. The second-order valence-corrected chi connectivity index (χ2v) is 6.27. The van der Waals surface area contributed by atoms with Crippen molar-refractivity contribution >= 4 is 23.5 Å². The first-order valence-electron chi connectivity index (χ1n) is 7.88. The van der Waals surface area contributed by atoms with E-state index in [0.717, 1.165) is 35.4 Å². The molecule has 1 N–H and O–H groups in total. The number of nitrogens with one attached hydrogen (secondary N) is 1. The Labute approximate surface area is 161 Å². The molecule has 148 valence electrons. The second kappa shape index (κ2) is 7.27. The van der Waals surface area contributed by atoms with Gasteiger partial charge >= 0.3 is 12.2 Å². The van der Waals surface area contributed by atoms with E-state index in [1.165, 1.54) is 6.92 Å². The molecule has 2 heterocycles. The maximum Gasteiger partial charge on any atom is 0.421 e. The van der Waals surface area contributed by atoms with E-state index in [1.807, 2.05) is 0 Å². The Morgan fingerprint density at radius 3 is 2.64 bits per heavy atom. The molecule has 3 rings (SSSR count). The van der Waals surface area contributed by atoms with Crippen LogP contribution in [0.1, 0.15) is 24.1 Å². The molecule has 0 aliphatic carbocycles. The summed E-state index contributed by atoms with van der Waals surface area (Å²) in [6.07, 6.45) is -3.63. The van der Waals surface area contributed by atoms with Crippen LogP contribution in [0.15, 0.2) is 30.5 Å². The summed E-state index contributed by atoms with van der Waals surface area (Å²) in [7, 11) is 0. The largest absolute Gasteiger partial charge is 0.437 e. The molecule has 0 spiro atoms. The van der Waals surface area contributed by atoms with Gasteiger partial charge < -0.3 is 10.1 Å². The van der Waals surface area contributed by atoms with Crippen LogP contribution in [0.5, 0.6) is 11.6 Å². The lowest BCUT2D eigenvalue weighted by Gasteiger charge is -2.23. The van der Waals surface area contributed by atoms with Crippen LogP contribution >= 0.6 is 11.6 Å². The lowest BCUT2D eigenvalue weighted by molar-refractivity contribution is -0.139. The average Bonchev–Trinajstić information content (AvgIpc) is 2.95. The third-order valence-electron chi connectivity index (χ3n) is 4.05. The van der Waals surface area contributed by atoms with Gasteiger partial charge in [-0.25, -0.2) is 14.2 Å². The molecule has 1 aromatic heterocycles. The van der Waals surface area contributed by atoms with E-state index in [2.05, 4.69) is 10.3 Å². The van der Waals surface area contributed by atoms with Crippen LogP contribution in [-0.4, -0.2) is 28.4 Å². The molecule has 3 amide bonds. The zero-order valence-electron chi connectivity index (χ0n) is 14.2. The van der Waals surface area contributed by atoms with E-state index in [9.17, 15) is 27.2 Å². The zero-order valence-corrected chi connectivity index (χ0v) is 14.9. The third-order valence-corrected chi connectivity index (χ3v) is 4.35. The molecule has 1 atom stereocenters. The smallest absolute Gasteiger partial charge is 0.421 e. The molecule has 0 radical (unpaired) electrons. The topological polar surface area (TPSA) is 71.5 Å². The van der Waals surface area contributed by atoms with Gasteiger partial charge in [-0.2, -0.15) is 13.2 Å². The van der Waals surface area contributed by atoms with Crippen molar-refractivity contribution in [2.45, 2.75) is 19.1 Å². The highest BCUT2D eigenvalue weighted by molar-refractivity contribution is 6.32. The van der Waals surface area contributed by atoms with Crippen molar-refractivity contribution in [3.8, 4) is 11.6 Å². The normalized spacial score (nSPS) is 15.6. The highest BCUT2D eigenvalue weighted by Crippen LogP contribution is 2.40. The van der Waals surface area contributed by atoms with Crippen LogP contribution in [0.4, 0.5) is 22.4 Å². The number of carbonyl (C=O) groups excluding carboxylic acids is 2. The van der Waals surface area contributed by atoms with E-state index in [0.29, 0.717) is 0 Å². The number of hydrogen-bond donors (Lipinski definition) is 1. The van der Waals surface area contributed by atoms with Crippen LogP contribution in [0.3, 0.4) is 0 Å². The summed E-state index contributed by atoms with van der Waals surface area (Å²) in [5.41, 5.74) is -1.30. The van der Waals surface area contributed by atoms with Gasteiger partial charge in [0, 0.05) is 11.8 Å². The summed E-state index contributed by atoms with van der Waals surface area (Å²) in [6, 6.07) is 1.98. The number of nitrogens with zero attached hydrogens (tertiary/aromatic N) is 2. The van der Waals surface area contributed by atoms with Crippen LogP contribution in [0.2, 0.25) is 5.02 Å². The first-order chi connectivity index (χ1) is 13.1. The summed E-state index contributed by atoms with van der Waals surface area (Å²) < 4.78 is 58.9. The number of rotatable bonds is 4. The predicted octanol–water partition coefficient (Wildman–Crippen LogP) is 4.30. The molecule has 1 fully saturated rings. The van der Waals surface area contributed by atoms with Crippen LogP contribution in [0, 0.1) is 5.82 Å². The van der Waals surface area contributed by atoms with E-state index in [4.69, 9.17) is 16.3 Å². The van der Waals surface area contributed by atoms with Crippen LogP contribution in [0.25, 0.3) is 0 Å². The number of amides is 3. The van der Waals surface area contributed by atoms with Crippen molar-refractivity contribution in [3.05, 3.63) is 52.4 Å². The Kier molecular flexibility index (Phi) is 5.16. The molecule has 6 nitrogen and oxygen atoms in total. The van der Waals surface area contributed by atoms with Gasteiger partial charge in [-0.3, -0.25) is 9.69 Å². The van der Waals surface area contributed by atoms with Crippen LogP contribution < -0.4 is 10.1 Å². The maximum absolute atomic E-state index is 14.4. The van der Waals surface area contributed by atoms with E-state index < -0.39 is 41.4 Å². The van der Waals surface area contributed by atoms with Crippen molar-refractivity contribution in [2.24, 2.45) is 0 Å². The Morgan fingerprint density at radius 1 is 1.32 bits per heavy atom. The Morgan fingerprint density at radius 2 is 2.04 bits per heavy atom. The number of benzene rings is 1. The first-order valence-corrected chi connectivity index (χ1v) is 8.26. The highest BCUT2D eigenvalue weighted by Gasteiger charge is 2.37. The summed E-state index contributed by atoms with van der Waals surface area (Å²) in [4.78, 5) is 28.0. The molecule has 28 heavy (non-hydrogen) atoms. The quantitative estimate of drug-likeness (QED) is 0.595. The van der Waals surface area contributed by atoms with Gasteiger partial charge in [0.05, 0.1) is 17.6 Å². The first kappa shape index (κ1) is 19.9. The highest BCUT2D eigenvalue weighted by atomic mass is 35.5. The fraction of sp³-hybridized carbons (Fsp3) is 0.235. The summed E-state index contributed by atoms with van der Waals surface area (Å²) in [5.74, 6) is -2.49. The molecule has 1 aliphatic rings. The average molecular weight is 418 g/mol. The predicted molar refractivity (Wildman–Crippen MR) is 89.4 cm³/mol. The van der Waals surface area contributed by atoms with E-state index in [1.54, 1.807) is 0 Å². The van der Waals surface area contributed by atoms with Gasteiger partial charge in [-0.05, 0) is 31.2 Å². The minimum absolute atomic E-state index is 0.158. The molecular formula is C17H12ClF4N3O3. The zero-order chi connectivity index (χ0) is 20.6. The van der Waals surface area contributed by atoms with Gasteiger partial charge in [0.15, 0.2) is 0 Å². The number of halogens is 5. The van der Waals surface area contributed by atoms with Crippen molar-refractivity contribution in [3.63, 3.8) is 0 Å². The van der Waals surface area contributed by atoms with Crippen LogP contribution in [-0.2, 0) is 11.0 Å². The minimum atomic E-state index is -4.73. The Hall–Kier alpha value is -2.88. The van der Waals surface area contributed by atoms with Crippen molar-refractivity contribution in [2.75, 3.05) is 6.54 Å². The van der Waals surface area contributed by atoms with Gasteiger partial charge in [0.1, 0.15) is 17.1 Å². The molecule has 1 saturated heterocycles. The molecule has 0 saturated carbocycles. The lowest BCUT2D eigenvalue weighted by atomic mass is 10.1. The number of aromatic nitrogens is 1. The summed E-state index contributed by atoms with van der Waals surface area (Å²) >= 11 is 5.91. The number of alkyl halides is 3. The fourth-order valence-corrected chi connectivity index (χ4v) is 2.89. The number of urea groups is 1. The number of ether oxygens (including phenoxy) is 1. The van der Waals surface area contributed by atoms with Gasteiger partial charge in [-0.1, -0.05) is 11.6 Å². The standard InChI is InChI=1S/C17H12ClF4N3O3/c1-8(25-14(26)7-24-16(25)27)9-5-13(11(18)6-12(9)19)28-15-10(17(20,21)22)3-2-4-23-15/h2-6,8H,7H2,1H3,(H,24,27). The number of imide groups is 1. The molecule has 11 heteroatoms. The van der Waals surface area contributed by atoms with Crippen molar-refractivity contribution < 1.29 is 31.9 Å². The van der Waals surface area contributed by atoms with Crippen molar-refractivity contribution in [1.82, 2.24) is 15.2 Å². The monoisotopic (exact) mass is 417 g/mol. The Bertz CT molecular complexity index is 936. The van der Waals surface area contributed by atoms with E-state index >= 15 is 0 Å². The van der Waals surface area contributed by atoms with Crippen molar-refractivity contribution in [1.29, 1.82) is 0 Å².